The standard InChI is InChI=1S/C29H31Cl2N5O4.2HNO3/c1-20(37-2)9-11-33-28-34-12-10-27(35-28)21-3-6-23(7-4-21)38-16-24-17-39-29(40-24,18-36-14-13-32-19-36)25-8-5-22(30)15-26(25)31;2*2-1(3)4/h3-8,10,12-15,19-20,24H,9,11,16-18H2,1-2H3,(H,33,34,35);2*(H,2,3,4)/t20?,24-,29-;;/m1../s1. The number of hydrogen-bond acceptors (Lipinski definition) is 12. The Bertz CT molecular complexity index is 1580. The molecule has 0 amide bonds. The fraction of sp³-hybridized carbons (Fsp3) is 0.345. The Morgan fingerprint density at radius 2 is 1.83 bits per heavy atom. The molecule has 0 spiro atoms. The first kappa shape index (κ1) is 37.6. The molecule has 1 aliphatic heterocycles. The Balaban J connectivity index is 0.000000705. The number of anilines is 1. The van der Waals surface area contributed by atoms with Crippen molar-refractivity contribution in [1.29, 1.82) is 0 Å². The first-order chi connectivity index (χ1) is 22.9. The number of aromatic nitrogens is 4. The van der Waals surface area contributed by atoms with Crippen molar-refractivity contribution in [2.75, 3.05) is 32.2 Å². The van der Waals surface area contributed by atoms with E-state index < -0.39 is 16.0 Å². The maximum Gasteiger partial charge on any atom is 0.291 e. The van der Waals surface area contributed by atoms with Crippen LogP contribution < -0.4 is 10.1 Å². The van der Waals surface area contributed by atoms with Gasteiger partial charge in [0.15, 0.2) is 0 Å². The number of rotatable bonds is 12. The highest BCUT2D eigenvalue weighted by Gasteiger charge is 2.45. The average molecular weight is 711 g/mol. The molecule has 1 saturated heterocycles. The van der Waals surface area contributed by atoms with Crippen molar-refractivity contribution in [2.24, 2.45) is 0 Å². The van der Waals surface area contributed by atoms with Gasteiger partial charge in [0.1, 0.15) is 18.5 Å². The lowest BCUT2D eigenvalue weighted by Crippen LogP contribution is -2.34. The van der Waals surface area contributed by atoms with Gasteiger partial charge in [0.05, 0.1) is 36.3 Å². The lowest BCUT2D eigenvalue weighted by Gasteiger charge is -2.30. The van der Waals surface area contributed by atoms with Crippen LogP contribution >= 0.6 is 23.2 Å². The molecule has 17 nitrogen and oxygen atoms in total. The number of nitrogens with zero attached hydrogens (tertiary/aromatic N) is 6. The van der Waals surface area contributed by atoms with Gasteiger partial charge in [-0.05, 0) is 55.8 Å². The van der Waals surface area contributed by atoms with Crippen LogP contribution in [0.4, 0.5) is 5.95 Å². The zero-order valence-corrected chi connectivity index (χ0v) is 27.2. The Morgan fingerprint density at radius 1 is 1.12 bits per heavy atom. The minimum atomic E-state index is -1.50. The molecule has 1 unspecified atom stereocenters. The van der Waals surface area contributed by atoms with Gasteiger partial charge in [-0.15, -0.1) is 20.2 Å². The van der Waals surface area contributed by atoms with Crippen LogP contribution in [0.1, 0.15) is 18.9 Å². The highest BCUT2D eigenvalue weighted by molar-refractivity contribution is 6.35. The molecular weight excluding hydrogens is 677 g/mol. The number of halogens is 2. The zero-order valence-electron chi connectivity index (χ0n) is 25.7. The van der Waals surface area contributed by atoms with Crippen LogP contribution in [0.2, 0.25) is 10.0 Å². The van der Waals surface area contributed by atoms with Gasteiger partial charge < -0.3 is 39.2 Å². The monoisotopic (exact) mass is 709 g/mol. The molecule has 5 rings (SSSR count). The van der Waals surface area contributed by atoms with Crippen molar-refractivity contribution in [3.05, 3.63) is 109 Å². The smallest absolute Gasteiger partial charge is 0.291 e. The van der Waals surface area contributed by atoms with E-state index in [1.54, 1.807) is 38.0 Å². The maximum absolute atomic E-state index is 8.36. The van der Waals surface area contributed by atoms with Gasteiger partial charge in [0.2, 0.25) is 11.7 Å². The summed E-state index contributed by atoms with van der Waals surface area (Å²) in [6.07, 6.45) is 7.74. The van der Waals surface area contributed by atoms with E-state index in [1.807, 2.05) is 54.1 Å². The zero-order chi connectivity index (χ0) is 35.1. The van der Waals surface area contributed by atoms with E-state index in [1.165, 1.54) is 0 Å². The minimum Gasteiger partial charge on any atom is -0.491 e. The highest BCUT2D eigenvalue weighted by Crippen LogP contribution is 2.40. The molecule has 48 heavy (non-hydrogen) atoms. The van der Waals surface area contributed by atoms with Crippen molar-refractivity contribution < 1.29 is 39.5 Å². The van der Waals surface area contributed by atoms with E-state index in [0.717, 1.165) is 24.2 Å². The maximum atomic E-state index is 8.36. The SMILES string of the molecule is COC(C)CCNc1nccc(-c2ccc(OC[C@@H]3CO[C@@](Cn4ccnc4)(c4ccc(Cl)cc4Cl)O3)cc2)n1.O=[N+]([O-])O.O=[N+]([O-])O. The average Bonchev–Trinajstić information content (AvgIpc) is 3.70. The number of methoxy groups -OCH3 is 1. The van der Waals surface area contributed by atoms with E-state index in [2.05, 4.69) is 20.3 Å². The quantitative estimate of drug-likeness (QED) is 0.128. The predicted octanol–water partition coefficient (Wildman–Crippen LogP) is 5.14. The molecule has 3 atom stereocenters. The van der Waals surface area contributed by atoms with Crippen LogP contribution in [-0.2, 0) is 26.5 Å². The van der Waals surface area contributed by atoms with Crippen molar-refractivity contribution >= 4 is 29.2 Å². The van der Waals surface area contributed by atoms with E-state index >= 15 is 0 Å². The van der Waals surface area contributed by atoms with Crippen LogP contribution in [0.15, 0.2) is 73.4 Å². The van der Waals surface area contributed by atoms with E-state index in [4.69, 9.17) is 72.8 Å². The summed E-state index contributed by atoms with van der Waals surface area (Å²) in [5, 5.41) is 31.5. The third-order valence-electron chi connectivity index (χ3n) is 6.63. The molecule has 19 heteroatoms. The van der Waals surface area contributed by atoms with Gasteiger partial charge in [-0.2, -0.15) is 0 Å². The first-order valence-corrected chi connectivity index (χ1v) is 14.9. The summed E-state index contributed by atoms with van der Waals surface area (Å²) in [5.41, 5.74) is 2.48. The van der Waals surface area contributed by atoms with Crippen molar-refractivity contribution in [1.82, 2.24) is 19.5 Å². The third kappa shape index (κ3) is 12.1. The van der Waals surface area contributed by atoms with Crippen molar-refractivity contribution in [2.45, 2.75) is 37.9 Å². The van der Waals surface area contributed by atoms with Crippen LogP contribution in [0, 0.1) is 20.2 Å². The fourth-order valence-electron chi connectivity index (χ4n) is 4.40. The Morgan fingerprint density at radius 3 is 2.46 bits per heavy atom. The minimum absolute atomic E-state index is 0.174. The van der Waals surface area contributed by atoms with Gasteiger partial charge in [0.25, 0.3) is 10.2 Å². The third-order valence-corrected chi connectivity index (χ3v) is 7.18. The van der Waals surface area contributed by atoms with Gasteiger partial charge in [-0.1, -0.05) is 29.3 Å². The number of hydrogen-bond donors (Lipinski definition) is 3. The molecule has 1 aliphatic rings. The normalized spacial score (nSPS) is 17.2. The molecule has 3 heterocycles. The summed E-state index contributed by atoms with van der Waals surface area (Å²) in [5.74, 6) is 0.199. The number of benzene rings is 2. The van der Waals surface area contributed by atoms with E-state index in [0.29, 0.717) is 47.1 Å². The number of nitrogens with one attached hydrogen (secondary N) is 1. The Labute approximate surface area is 284 Å². The summed E-state index contributed by atoms with van der Waals surface area (Å²) in [6.45, 7) is 3.78. The molecule has 0 saturated carbocycles. The summed E-state index contributed by atoms with van der Waals surface area (Å²) in [7, 11) is 1.71. The lowest BCUT2D eigenvalue weighted by molar-refractivity contribution is -0.742. The van der Waals surface area contributed by atoms with E-state index in [-0.39, 0.29) is 12.2 Å². The molecular formula is C29H33Cl2N7O10. The van der Waals surface area contributed by atoms with Gasteiger partial charge in [-0.3, -0.25) is 0 Å². The number of imidazole rings is 1. The second-order valence-electron chi connectivity index (χ2n) is 10.0. The second kappa shape index (κ2) is 18.5. The summed E-state index contributed by atoms with van der Waals surface area (Å²) in [6, 6.07) is 14.9. The fourth-order valence-corrected chi connectivity index (χ4v) is 4.95. The Kier molecular flexibility index (Phi) is 14.5. The molecule has 2 aromatic heterocycles. The van der Waals surface area contributed by atoms with Crippen LogP contribution in [-0.4, -0.2) is 79.2 Å². The molecule has 0 aliphatic carbocycles. The second-order valence-corrected chi connectivity index (χ2v) is 10.8. The largest absolute Gasteiger partial charge is 0.491 e. The van der Waals surface area contributed by atoms with Crippen molar-refractivity contribution in [3.8, 4) is 17.0 Å². The lowest BCUT2D eigenvalue weighted by atomic mass is 10.1. The molecule has 2 aromatic carbocycles. The summed E-state index contributed by atoms with van der Waals surface area (Å²) >= 11 is 12.7. The molecule has 4 aromatic rings. The molecule has 0 radical (unpaired) electrons. The van der Waals surface area contributed by atoms with Crippen LogP contribution in [0.3, 0.4) is 0 Å². The predicted molar refractivity (Wildman–Crippen MR) is 171 cm³/mol. The highest BCUT2D eigenvalue weighted by atomic mass is 35.5. The van der Waals surface area contributed by atoms with E-state index in [9.17, 15) is 0 Å². The topological polar surface area (TPSA) is 219 Å². The van der Waals surface area contributed by atoms with Gasteiger partial charge in [-0.25, -0.2) is 15.0 Å². The summed E-state index contributed by atoms with van der Waals surface area (Å²) < 4.78 is 26.0. The Hall–Kier alpha value is -4.81. The number of ether oxygens (including phenoxy) is 4. The van der Waals surface area contributed by atoms with Gasteiger partial charge in [0, 0.05) is 48.4 Å². The van der Waals surface area contributed by atoms with Crippen LogP contribution in [0.5, 0.6) is 5.75 Å². The van der Waals surface area contributed by atoms with Gasteiger partial charge >= 0.3 is 0 Å². The molecule has 0 bridgehead atoms. The molecule has 3 N–H and O–H groups in total. The van der Waals surface area contributed by atoms with Crippen LogP contribution in [0.25, 0.3) is 11.3 Å². The summed E-state index contributed by atoms with van der Waals surface area (Å²) in [4.78, 5) is 29.8. The molecule has 258 valence electrons. The molecule has 1 fully saturated rings. The van der Waals surface area contributed by atoms with Crippen molar-refractivity contribution in [3.63, 3.8) is 0 Å². The first-order valence-electron chi connectivity index (χ1n) is 14.1.